The zero-order chi connectivity index (χ0) is 13.4. The monoisotopic (exact) mass is 247 g/mol. The van der Waals surface area contributed by atoms with Gasteiger partial charge in [-0.15, -0.1) is 6.58 Å². The van der Waals surface area contributed by atoms with Gasteiger partial charge in [0.2, 0.25) is 0 Å². The Morgan fingerprint density at radius 1 is 1.05 bits per heavy atom. The molecule has 3 aromatic rings. The molecule has 1 heteroatoms. The fourth-order valence-electron chi connectivity index (χ4n) is 2.88. The van der Waals surface area contributed by atoms with E-state index in [-0.39, 0.29) is 0 Å². The second-order valence-corrected chi connectivity index (χ2v) is 4.79. The van der Waals surface area contributed by atoms with Crippen LogP contribution in [0.4, 0.5) is 0 Å². The van der Waals surface area contributed by atoms with Crippen molar-refractivity contribution in [3.05, 3.63) is 66.8 Å². The number of aryl methyl sites for hydroxylation is 1. The molecule has 0 spiro atoms. The highest BCUT2D eigenvalue weighted by atomic mass is 15.0. The molecule has 0 unspecified atom stereocenters. The minimum absolute atomic E-state index is 0.830. The van der Waals surface area contributed by atoms with Gasteiger partial charge in [-0.05, 0) is 30.2 Å². The molecule has 0 atom stereocenters. The number of rotatable bonds is 3. The van der Waals surface area contributed by atoms with Crippen LogP contribution in [0.25, 0.3) is 27.9 Å². The van der Waals surface area contributed by atoms with E-state index >= 15 is 0 Å². The van der Waals surface area contributed by atoms with Crippen molar-refractivity contribution in [3.8, 4) is 0 Å². The summed E-state index contributed by atoms with van der Waals surface area (Å²) in [5.41, 5.74) is 5.03. The Hall–Kier alpha value is -2.28. The second kappa shape index (κ2) is 4.43. The molecule has 0 fully saturated rings. The number of para-hydroxylation sites is 1. The van der Waals surface area contributed by atoms with Gasteiger partial charge in [0.15, 0.2) is 0 Å². The third kappa shape index (κ3) is 1.62. The van der Waals surface area contributed by atoms with Crippen molar-refractivity contribution < 1.29 is 0 Å². The molecule has 0 saturated heterocycles. The maximum Gasteiger partial charge on any atom is 0.0497 e. The van der Waals surface area contributed by atoms with Crippen molar-refractivity contribution in [2.45, 2.75) is 13.5 Å². The fraction of sp³-hybridized carbons (Fsp3) is 0.111. The number of nitrogens with zero attached hydrogens (tertiary/aromatic N) is 1. The lowest BCUT2D eigenvalue weighted by Crippen LogP contribution is -1.94. The summed E-state index contributed by atoms with van der Waals surface area (Å²) in [7, 11) is 0. The van der Waals surface area contributed by atoms with E-state index in [1.54, 1.807) is 0 Å². The molecule has 19 heavy (non-hydrogen) atoms. The van der Waals surface area contributed by atoms with Crippen molar-refractivity contribution in [2.75, 3.05) is 0 Å². The molecule has 1 nitrogen and oxygen atoms in total. The highest BCUT2D eigenvalue weighted by molar-refractivity contribution is 6.10. The molecule has 94 valence electrons. The minimum atomic E-state index is 0.830. The minimum Gasteiger partial charge on any atom is -0.337 e. The summed E-state index contributed by atoms with van der Waals surface area (Å²) in [5, 5.41) is 2.63. The smallest absolute Gasteiger partial charge is 0.0497 e. The summed E-state index contributed by atoms with van der Waals surface area (Å²) in [4.78, 5) is 0. The van der Waals surface area contributed by atoms with Crippen LogP contribution in [0.2, 0.25) is 0 Å². The molecule has 0 aliphatic carbocycles. The Bertz CT molecular complexity index is 790. The quantitative estimate of drug-likeness (QED) is 0.578. The van der Waals surface area contributed by atoms with Crippen LogP contribution in [0.1, 0.15) is 11.1 Å². The van der Waals surface area contributed by atoms with Gasteiger partial charge in [-0.1, -0.05) is 43.0 Å². The molecule has 0 radical (unpaired) electrons. The lowest BCUT2D eigenvalue weighted by atomic mass is 10.0. The van der Waals surface area contributed by atoms with Crippen LogP contribution in [-0.2, 0) is 6.54 Å². The molecule has 1 aromatic heterocycles. The summed E-state index contributed by atoms with van der Waals surface area (Å²) in [6.07, 6.45) is 3.87. The predicted molar refractivity (Wildman–Crippen MR) is 84.5 cm³/mol. The molecule has 0 bridgehead atoms. The van der Waals surface area contributed by atoms with Crippen molar-refractivity contribution in [3.63, 3.8) is 0 Å². The van der Waals surface area contributed by atoms with E-state index in [0.717, 1.165) is 6.54 Å². The van der Waals surface area contributed by atoms with E-state index in [4.69, 9.17) is 0 Å². The van der Waals surface area contributed by atoms with Gasteiger partial charge in [0, 0.05) is 28.4 Å². The average Bonchev–Trinajstić information content (AvgIpc) is 2.75. The van der Waals surface area contributed by atoms with E-state index in [0.29, 0.717) is 0 Å². The first-order valence-electron chi connectivity index (χ1n) is 6.51. The lowest BCUT2D eigenvalue weighted by molar-refractivity contribution is 0.901. The molecule has 0 aliphatic rings. The number of allylic oxidation sites excluding steroid dienone is 1. The van der Waals surface area contributed by atoms with Gasteiger partial charge in [0.05, 0.1) is 0 Å². The number of benzene rings is 2. The van der Waals surface area contributed by atoms with Gasteiger partial charge >= 0.3 is 0 Å². The van der Waals surface area contributed by atoms with E-state index in [1.165, 1.54) is 32.9 Å². The molecule has 1 heterocycles. The third-order valence-corrected chi connectivity index (χ3v) is 3.77. The normalized spacial score (nSPS) is 11.0. The summed E-state index contributed by atoms with van der Waals surface area (Å²) >= 11 is 0. The second-order valence-electron chi connectivity index (χ2n) is 4.79. The standard InChI is InChI=1S/C18H17N/c1-4-12-19-16-9-7-6-8-15(16)18-13(3)14(5-2)10-11-17(18)19/h4-11H,1-2,12H2,3H3. The van der Waals surface area contributed by atoms with Crippen LogP contribution in [-0.4, -0.2) is 4.57 Å². The molecule has 0 N–H and O–H groups in total. The van der Waals surface area contributed by atoms with Crippen molar-refractivity contribution >= 4 is 27.9 Å². The summed E-state index contributed by atoms with van der Waals surface area (Å²) < 4.78 is 2.32. The van der Waals surface area contributed by atoms with E-state index in [1.807, 2.05) is 12.2 Å². The van der Waals surface area contributed by atoms with Gasteiger partial charge in [-0.2, -0.15) is 0 Å². The first kappa shape index (κ1) is 11.8. The number of aromatic nitrogens is 1. The topological polar surface area (TPSA) is 4.93 Å². The van der Waals surface area contributed by atoms with E-state index in [9.17, 15) is 0 Å². The Labute approximate surface area is 113 Å². The van der Waals surface area contributed by atoms with Gasteiger partial charge in [-0.3, -0.25) is 0 Å². The molecule has 3 rings (SSSR count). The molecular weight excluding hydrogens is 230 g/mol. The highest BCUT2D eigenvalue weighted by Crippen LogP contribution is 2.33. The van der Waals surface area contributed by atoms with Crippen molar-refractivity contribution in [1.82, 2.24) is 4.57 Å². The van der Waals surface area contributed by atoms with Crippen molar-refractivity contribution in [1.29, 1.82) is 0 Å². The van der Waals surface area contributed by atoms with Crippen LogP contribution in [0.15, 0.2) is 55.6 Å². The van der Waals surface area contributed by atoms with E-state index in [2.05, 4.69) is 61.0 Å². The number of fused-ring (bicyclic) bond motifs is 3. The molecule has 0 aliphatic heterocycles. The first-order chi connectivity index (χ1) is 9.27. The van der Waals surface area contributed by atoms with Crippen LogP contribution in [0.5, 0.6) is 0 Å². The Morgan fingerprint density at radius 3 is 2.58 bits per heavy atom. The molecule has 0 saturated carbocycles. The highest BCUT2D eigenvalue weighted by Gasteiger charge is 2.12. The zero-order valence-electron chi connectivity index (χ0n) is 11.2. The molecular formula is C18H17N. The lowest BCUT2D eigenvalue weighted by Gasteiger charge is -2.05. The van der Waals surface area contributed by atoms with Crippen LogP contribution < -0.4 is 0 Å². The summed E-state index contributed by atoms with van der Waals surface area (Å²) in [6, 6.07) is 12.9. The zero-order valence-corrected chi connectivity index (χ0v) is 11.2. The van der Waals surface area contributed by atoms with Gasteiger partial charge in [-0.25, -0.2) is 0 Å². The van der Waals surface area contributed by atoms with Gasteiger partial charge in [0.1, 0.15) is 0 Å². The summed E-state index contributed by atoms with van der Waals surface area (Å²) in [5.74, 6) is 0. The maximum atomic E-state index is 3.90. The first-order valence-corrected chi connectivity index (χ1v) is 6.51. The van der Waals surface area contributed by atoms with Crippen LogP contribution in [0, 0.1) is 6.92 Å². The Kier molecular flexibility index (Phi) is 2.75. The number of hydrogen-bond acceptors (Lipinski definition) is 0. The third-order valence-electron chi connectivity index (χ3n) is 3.77. The van der Waals surface area contributed by atoms with Crippen LogP contribution >= 0.6 is 0 Å². The largest absolute Gasteiger partial charge is 0.337 e. The fourth-order valence-corrected chi connectivity index (χ4v) is 2.88. The molecule has 2 aromatic carbocycles. The molecule has 0 amide bonds. The van der Waals surface area contributed by atoms with Crippen molar-refractivity contribution in [2.24, 2.45) is 0 Å². The van der Waals surface area contributed by atoms with E-state index < -0.39 is 0 Å². The van der Waals surface area contributed by atoms with Gasteiger partial charge < -0.3 is 4.57 Å². The van der Waals surface area contributed by atoms with Crippen LogP contribution in [0.3, 0.4) is 0 Å². The number of hydrogen-bond donors (Lipinski definition) is 0. The average molecular weight is 247 g/mol. The Balaban J connectivity index is 2.55. The Morgan fingerprint density at radius 2 is 1.84 bits per heavy atom. The summed E-state index contributed by atoms with van der Waals surface area (Å²) in [6.45, 7) is 10.8. The SMILES string of the molecule is C=CCn1c2ccccc2c2c(C)c(C=C)ccc21. The maximum absolute atomic E-state index is 3.90. The van der Waals surface area contributed by atoms with Gasteiger partial charge in [0.25, 0.3) is 0 Å². The predicted octanol–water partition coefficient (Wildman–Crippen LogP) is 4.93.